The molecule has 12 heteroatoms. The first-order chi connectivity index (χ1) is 19.2. The fourth-order valence-electron chi connectivity index (χ4n) is 4.92. The number of nitrogens with zero attached hydrogens (tertiary/aromatic N) is 3. The van der Waals surface area contributed by atoms with Crippen LogP contribution in [0.1, 0.15) is 37.9 Å². The van der Waals surface area contributed by atoms with Crippen molar-refractivity contribution in [2.75, 3.05) is 18.6 Å². The Bertz CT molecular complexity index is 1700. The van der Waals surface area contributed by atoms with E-state index in [4.69, 9.17) is 20.8 Å². The summed E-state index contributed by atoms with van der Waals surface area (Å²) in [6.45, 7) is 1.50. The fourth-order valence-corrected chi connectivity index (χ4v) is 5.15. The summed E-state index contributed by atoms with van der Waals surface area (Å²) in [7, 11) is 1.51. The molecule has 0 radical (unpaired) electrons. The third kappa shape index (κ3) is 4.64. The lowest BCUT2D eigenvalue weighted by Gasteiger charge is -2.22. The Hall–Kier alpha value is -4.12. The van der Waals surface area contributed by atoms with Gasteiger partial charge in [-0.05, 0) is 56.2 Å². The minimum Gasteiger partial charge on any atom is -0.497 e. The molecule has 1 saturated carbocycles. The molecule has 0 N–H and O–H groups in total. The predicted octanol–water partition coefficient (Wildman–Crippen LogP) is 5.96. The van der Waals surface area contributed by atoms with E-state index in [0.717, 1.165) is 23.9 Å². The highest BCUT2D eigenvalue weighted by Crippen LogP contribution is 2.43. The van der Waals surface area contributed by atoms with Crippen molar-refractivity contribution in [1.29, 1.82) is 0 Å². The highest BCUT2D eigenvalue weighted by molar-refractivity contribution is 6.31. The second-order valence-electron chi connectivity index (χ2n) is 9.65. The molecule has 0 atom stereocenters. The fraction of sp³-hybridized carbons (Fsp3) is 0.321. The molecule has 0 saturated heterocycles. The number of amides is 1. The van der Waals surface area contributed by atoms with Crippen molar-refractivity contribution >= 4 is 34.2 Å². The minimum absolute atomic E-state index is 0.135. The quantitative estimate of drug-likeness (QED) is 0.270. The molecule has 0 unspecified atom stereocenters. The van der Waals surface area contributed by atoms with Crippen molar-refractivity contribution in [3.8, 4) is 28.5 Å². The van der Waals surface area contributed by atoms with Gasteiger partial charge in [-0.15, -0.1) is 8.78 Å². The van der Waals surface area contributed by atoms with E-state index in [1.54, 1.807) is 31.2 Å². The van der Waals surface area contributed by atoms with Crippen LogP contribution in [0.2, 0.25) is 5.02 Å². The van der Waals surface area contributed by atoms with Gasteiger partial charge in [-0.25, -0.2) is 4.68 Å². The van der Waals surface area contributed by atoms with Gasteiger partial charge in [-0.1, -0.05) is 18.0 Å². The van der Waals surface area contributed by atoms with Crippen molar-refractivity contribution in [1.82, 2.24) is 9.78 Å². The van der Waals surface area contributed by atoms with Gasteiger partial charge in [0.2, 0.25) is 5.91 Å². The van der Waals surface area contributed by atoms with Crippen LogP contribution in [0, 0.1) is 0 Å². The van der Waals surface area contributed by atoms with Gasteiger partial charge in [0.05, 0.1) is 12.5 Å². The number of fused-ring (bicyclic) bond motifs is 2. The zero-order valence-electron chi connectivity index (χ0n) is 21.6. The van der Waals surface area contributed by atoms with E-state index >= 15 is 0 Å². The molecule has 1 aliphatic carbocycles. The van der Waals surface area contributed by atoms with Crippen LogP contribution < -0.4 is 24.7 Å². The molecular formula is C28H24ClF2N3O6. The van der Waals surface area contributed by atoms with Crippen LogP contribution in [-0.4, -0.2) is 35.6 Å². The topological polar surface area (TPSA) is 96.0 Å². The number of hydrogen-bond donors (Lipinski definition) is 0. The summed E-state index contributed by atoms with van der Waals surface area (Å²) in [6.07, 6.45) is -0.765. The van der Waals surface area contributed by atoms with Gasteiger partial charge < -0.3 is 23.5 Å². The third-order valence-electron chi connectivity index (χ3n) is 7.14. The summed E-state index contributed by atoms with van der Waals surface area (Å²) in [5.74, 6) is 0.598. The van der Waals surface area contributed by atoms with E-state index in [9.17, 15) is 18.4 Å². The number of carbonyl (C=O) groups excluding carboxylic acids is 1. The summed E-state index contributed by atoms with van der Waals surface area (Å²) in [6, 6.07) is 10.8. The molecule has 1 fully saturated rings. The number of furan rings is 1. The van der Waals surface area contributed by atoms with Gasteiger partial charge in [0.1, 0.15) is 23.7 Å². The number of ether oxygens (including phenoxy) is 3. The van der Waals surface area contributed by atoms with Gasteiger partial charge in [0, 0.05) is 34.8 Å². The van der Waals surface area contributed by atoms with E-state index < -0.39 is 24.3 Å². The van der Waals surface area contributed by atoms with E-state index in [-0.39, 0.29) is 24.0 Å². The highest BCUT2D eigenvalue weighted by Gasteiger charge is 2.43. The normalized spacial score (nSPS) is 15.7. The van der Waals surface area contributed by atoms with E-state index in [0.29, 0.717) is 44.4 Å². The second kappa shape index (κ2) is 9.81. The number of anilines is 1. The Kier molecular flexibility index (Phi) is 6.41. The Morgan fingerprint density at radius 3 is 2.65 bits per heavy atom. The minimum atomic E-state index is -3.78. The van der Waals surface area contributed by atoms with Crippen molar-refractivity contribution in [2.45, 2.75) is 44.9 Å². The molecule has 2 aromatic carbocycles. The average Bonchev–Trinajstić information content (AvgIpc) is 3.44. The van der Waals surface area contributed by atoms with Crippen LogP contribution in [0.4, 0.5) is 14.5 Å². The zero-order valence-corrected chi connectivity index (χ0v) is 22.3. The third-order valence-corrected chi connectivity index (χ3v) is 7.36. The van der Waals surface area contributed by atoms with Crippen molar-refractivity contribution in [3.63, 3.8) is 0 Å². The number of rotatable bonds is 7. The smallest absolute Gasteiger partial charge is 0.497 e. The lowest BCUT2D eigenvalue weighted by molar-refractivity contribution is -0.286. The molecule has 208 valence electrons. The summed E-state index contributed by atoms with van der Waals surface area (Å²) in [5, 5.41) is 5.23. The Morgan fingerprint density at radius 2 is 1.95 bits per heavy atom. The number of likely N-dealkylation sites (N-methyl/N-ethyl adjacent to an activating group) is 1. The predicted molar refractivity (Wildman–Crippen MR) is 143 cm³/mol. The van der Waals surface area contributed by atoms with Crippen molar-refractivity contribution < 1.29 is 32.2 Å². The standard InChI is InChI=1S/C28H24ClF2N3O6/c1-3-33(18-7-8-21-23(12-18)40-28(30,31)39-21)24(35)14-34-27(36)20-13-22(15-5-4-6-15)38-26(20)25(32-34)16-9-17(29)11-19(10-16)37-2/h7-13,15H,3-6,14H2,1-2H3. The van der Waals surface area contributed by atoms with Crippen LogP contribution in [0.5, 0.6) is 17.2 Å². The van der Waals surface area contributed by atoms with E-state index in [1.807, 2.05) is 0 Å². The van der Waals surface area contributed by atoms with Crippen LogP contribution >= 0.6 is 11.6 Å². The van der Waals surface area contributed by atoms with Crippen molar-refractivity contribution in [2.24, 2.45) is 0 Å². The van der Waals surface area contributed by atoms with Gasteiger partial charge in [0.25, 0.3) is 5.56 Å². The maximum atomic E-state index is 13.6. The summed E-state index contributed by atoms with van der Waals surface area (Å²) in [5.41, 5.74) is 1.01. The molecule has 2 aromatic heterocycles. The molecule has 1 amide bonds. The van der Waals surface area contributed by atoms with Gasteiger partial charge in [-0.2, -0.15) is 5.10 Å². The number of halogens is 3. The molecular weight excluding hydrogens is 548 g/mol. The Labute approximate surface area is 231 Å². The SMILES string of the molecule is CCN(C(=O)Cn1nc(-c2cc(Cl)cc(OC)c2)c2oc(C3CCC3)cc2c1=O)c1ccc2c(c1)OC(F)(F)O2. The Morgan fingerprint density at radius 1 is 1.18 bits per heavy atom. The molecule has 6 rings (SSSR count). The van der Waals surface area contributed by atoms with Crippen LogP contribution in [-0.2, 0) is 11.3 Å². The number of aromatic nitrogens is 2. The summed E-state index contributed by atoms with van der Waals surface area (Å²) in [4.78, 5) is 28.4. The maximum absolute atomic E-state index is 13.6. The van der Waals surface area contributed by atoms with Crippen LogP contribution in [0.25, 0.3) is 22.2 Å². The van der Waals surface area contributed by atoms with Gasteiger partial charge in [-0.3, -0.25) is 9.59 Å². The average molecular weight is 572 g/mol. The van der Waals surface area contributed by atoms with Crippen LogP contribution in [0.15, 0.2) is 51.7 Å². The number of hydrogen-bond acceptors (Lipinski definition) is 7. The molecule has 2 aliphatic rings. The molecule has 1 aliphatic heterocycles. The summed E-state index contributed by atoms with van der Waals surface area (Å²) < 4.78 is 48.6. The highest BCUT2D eigenvalue weighted by atomic mass is 35.5. The first-order valence-corrected chi connectivity index (χ1v) is 13.1. The second-order valence-corrected chi connectivity index (χ2v) is 10.1. The first-order valence-electron chi connectivity index (χ1n) is 12.8. The van der Waals surface area contributed by atoms with E-state index in [1.165, 1.54) is 30.2 Å². The van der Waals surface area contributed by atoms with Crippen molar-refractivity contribution in [3.05, 3.63) is 63.6 Å². The van der Waals surface area contributed by atoms with Crippen LogP contribution in [0.3, 0.4) is 0 Å². The molecule has 0 bridgehead atoms. The lowest BCUT2D eigenvalue weighted by atomic mass is 9.83. The maximum Gasteiger partial charge on any atom is 0.586 e. The molecule has 3 heterocycles. The number of methoxy groups -OCH3 is 1. The van der Waals surface area contributed by atoms with Gasteiger partial charge in [0.15, 0.2) is 17.1 Å². The first kappa shape index (κ1) is 26.1. The number of benzene rings is 2. The zero-order chi connectivity index (χ0) is 28.2. The molecule has 0 spiro atoms. The number of alkyl halides is 2. The molecule has 4 aromatic rings. The number of carbonyl (C=O) groups is 1. The molecule has 9 nitrogen and oxygen atoms in total. The molecule has 40 heavy (non-hydrogen) atoms. The van der Waals surface area contributed by atoms with E-state index in [2.05, 4.69) is 14.6 Å². The summed E-state index contributed by atoms with van der Waals surface area (Å²) >= 11 is 6.32. The Balaban J connectivity index is 1.40. The van der Waals surface area contributed by atoms with Gasteiger partial charge >= 0.3 is 6.29 Å². The lowest BCUT2D eigenvalue weighted by Crippen LogP contribution is -2.37. The largest absolute Gasteiger partial charge is 0.586 e. The monoisotopic (exact) mass is 571 g/mol.